The van der Waals surface area contributed by atoms with Crippen LogP contribution in [-0.4, -0.2) is 27.6 Å². The summed E-state index contributed by atoms with van der Waals surface area (Å²) in [5.41, 5.74) is 2.10. The maximum atomic E-state index is 4.26. The average molecular weight is 246 g/mol. The third-order valence-electron chi connectivity index (χ3n) is 3.15. The van der Waals surface area contributed by atoms with Gasteiger partial charge in [-0.15, -0.1) is 5.10 Å². The van der Waals surface area contributed by atoms with Gasteiger partial charge >= 0.3 is 0 Å². The molecule has 1 aromatic heterocycles. The second-order valence-electron chi connectivity index (χ2n) is 5.12. The molecule has 1 atom stereocenters. The highest BCUT2D eigenvalue weighted by molar-refractivity contribution is 5.73. The van der Waals surface area contributed by atoms with E-state index < -0.39 is 0 Å². The monoisotopic (exact) mass is 246 g/mol. The molecule has 1 heterocycles. The number of fused-ring (bicyclic) bond motifs is 1. The molecule has 0 saturated carbocycles. The van der Waals surface area contributed by atoms with Gasteiger partial charge in [-0.3, -0.25) is 0 Å². The van der Waals surface area contributed by atoms with Crippen molar-refractivity contribution in [1.82, 2.24) is 20.3 Å². The summed E-state index contributed by atoms with van der Waals surface area (Å²) in [6.07, 6.45) is 2.28. The first-order valence-corrected chi connectivity index (χ1v) is 6.72. The molecule has 2 rings (SSSR count). The SMILES string of the molecule is CC(C)NCCCC(C)n1nnc2ccccc21. The van der Waals surface area contributed by atoms with Crippen molar-refractivity contribution in [3.05, 3.63) is 24.3 Å². The summed E-state index contributed by atoms with van der Waals surface area (Å²) in [6.45, 7) is 7.62. The first-order valence-electron chi connectivity index (χ1n) is 6.72. The van der Waals surface area contributed by atoms with Gasteiger partial charge < -0.3 is 5.32 Å². The van der Waals surface area contributed by atoms with Crippen LogP contribution in [0.5, 0.6) is 0 Å². The quantitative estimate of drug-likeness (QED) is 0.797. The van der Waals surface area contributed by atoms with Gasteiger partial charge in [-0.25, -0.2) is 4.68 Å². The molecule has 0 saturated heterocycles. The molecule has 4 heteroatoms. The Morgan fingerprint density at radius 2 is 2.00 bits per heavy atom. The van der Waals surface area contributed by atoms with Gasteiger partial charge in [0, 0.05) is 6.04 Å². The first-order chi connectivity index (χ1) is 8.68. The standard InChI is InChI=1S/C14H22N4/c1-11(2)15-10-6-7-12(3)18-14-9-5-4-8-13(14)16-17-18/h4-5,8-9,11-12,15H,6-7,10H2,1-3H3. The van der Waals surface area contributed by atoms with Gasteiger partial charge in [-0.1, -0.05) is 31.2 Å². The summed E-state index contributed by atoms with van der Waals surface area (Å²) in [6, 6.07) is 9.08. The predicted molar refractivity (Wildman–Crippen MR) is 74.6 cm³/mol. The van der Waals surface area contributed by atoms with Crippen molar-refractivity contribution in [2.45, 2.75) is 45.7 Å². The summed E-state index contributed by atoms with van der Waals surface area (Å²) < 4.78 is 2.03. The van der Waals surface area contributed by atoms with E-state index in [9.17, 15) is 0 Å². The molecule has 0 spiro atoms. The lowest BCUT2D eigenvalue weighted by Gasteiger charge is -2.13. The van der Waals surface area contributed by atoms with Crippen LogP contribution in [0.3, 0.4) is 0 Å². The van der Waals surface area contributed by atoms with E-state index in [1.807, 2.05) is 22.9 Å². The summed E-state index contributed by atoms with van der Waals surface area (Å²) >= 11 is 0. The highest BCUT2D eigenvalue weighted by Crippen LogP contribution is 2.18. The van der Waals surface area contributed by atoms with Gasteiger partial charge in [-0.2, -0.15) is 0 Å². The number of rotatable bonds is 6. The van der Waals surface area contributed by atoms with Crippen molar-refractivity contribution >= 4 is 11.0 Å². The highest BCUT2D eigenvalue weighted by Gasteiger charge is 2.10. The number of hydrogen-bond donors (Lipinski definition) is 1. The minimum atomic E-state index is 0.395. The minimum Gasteiger partial charge on any atom is -0.315 e. The predicted octanol–water partition coefficient (Wildman–Crippen LogP) is 2.77. The summed E-state index contributed by atoms with van der Waals surface area (Å²) in [5, 5.41) is 11.9. The first kappa shape index (κ1) is 13.0. The normalized spacial score (nSPS) is 13.3. The van der Waals surface area contributed by atoms with Crippen LogP contribution in [0, 0.1) is 0 Å². The van der Waals surface area contributed by atoms with E-state index in [-0.39, 0.29) is 0 Å². The molecule has 18 heavy (non-hydrogen) atoms. The molecular formula is C14H22N4. The Bertz CT molecular complexity index is 489. The molecule has 0 bridgehead atoms. The van der Waals surface area contributed by atoms with E-state index >= 15 is 0 Å². The smallest absolute Gasteiger partial charge is 0.113 e. The minimum absolute atomic E-state index is 0.395. The van der Waals surface area contributed by atoms with Gasteiger partial charge in [0.05, 0.1) is 11.6 Å². The topological polar surface area (TPSA) is 42.7 Å². The van der Waals surface area contributed by atoms with Crippen LogP contribution >= 0.6 is 0 Å². The Labute approximate surface area is 108 Å². The van der Waals surface area contributed by atoms with E-state index in [1.165, 1.54) is 0 Å². The number of benzene rings is 1. The highest BCUT2D eigenvalue weighted by atomic mass is 15.4. The summed E-state index contributed by atoms with van der Waals surface area (Å²) in [7, 11) is 0. The fourth-order valence-corrected chi connectivity index (χ4v) is 2.12. The lowest BCUT2D eigenvalue weighted by Crippen LogP contribution is -2.24. The molecule has 0 aliphatic rings. The number of nitrogens with one attached hydrogen (secondary N) is 1. The van der Waals surface area contributed by atoms with Crippen LogP contribution in [0.4, 0.5) is 0 Å². The van der Waals surface area contributed by atoms with E-state index in [0.29, 0.717) is 12.1 Å². The van der Waals surface area contributed by atoms with Crippen LogP contribution in [0.15, 0.2) is 24.3 Å². The fourth-order valence-electron chi connectivity index (χ4n) is 2.12. The van der Waals surface area contributed by atoms with Crippen molar-refractivity contribution in [3.8, 4) is 0 Å². The maximum Gasteiger partial charge on any atom is 0.113 e. The Morgan fingerprint density at radius 3 is 2.78 bits per heavy atom. The van der Waals surface area contributed by atoms with Crippen molar-refractivity contribution in [3.63, 3.8) is 0 Å². The van der Waals surface area contributed by atoms with Crippen LogP contribution in [0.2, 0.25) is 0 Å². The second kappa shape index (κ2) is 5.96. The molecule has 0 aliphatic heterocycles. The van der Waals surface area contributed by atoms with Crippen LogP contribution < -0.4 is 5.32 Å². The molecule has 0 fully saturated rings. The molecule has 98 valence electrons. The van der Waals surface area contributed by atoms with Gasteiger partial charge in [0.15, 0.2) is 0 Å². The summed E-state index contributed by atoms with van der Waals surface area (Å²) in [5.74, 6) is 0. The Kier molecular flexibility index (Phi) is 4.31. The summed E-state index contributed by atoms with van der Waals surface area (Å²) in [4.78, 5) is 0. The molecule has 0 amide bonds. The lowest BCUT2D eigenvalue weighted by molar-refractivity contribution is 0.433. The van der Waals surface area contributed by atoms with Crippen LogP contribution in [0.25, 0.3) is 11.0 Å². The maximum absolute atomic E-state index is 4.26. The van der Waals surface area contributed by atoms with Crippen molar-refractivity contribution in [2.75, 3.05) is 6.54 Å². The molecule has 4 nitrogen and oxygen atoms in total. The van der Waals surface area contributed by atoms with E-state index in [1.54, 1.807) is 0 Å². The molecule has 1 unspecified atom stereocenters. The Balaban J connectivity index is 1.94. The van der Waals surface area contributed by atoms with Gasteiger partial charge in [0.1, 0.15) is 5.52 Å². The van der Waals surface area contributed by atoms with Crippen molar-refractivity contribution < 1.29 is 0 Å². The van der Waals surface area contributed by atoms with Crippen molar-refractivity contribution in [2.24, 2.45) is 0 Å². The van der Waals surface area contributed by atoms with Crippen molar-refractivity contribution in [1.29, 1.82) is 0 Å². The fraction of sp³-hybridized carbons (Fsp3) is 0.571. The molecule has 1 aromatic carbocycles. The Hall–Kier alpha value is -1.42. The molecule has 0 radical (unpaired) electrons. The molecule has 2 aromatic rings. The largest absolute Gasteiger partial charge is 0.315 e. The van der Waals surface area contributed by atoms with Gasteiger partial charge in [0.25, 0.3) is 0 Å². The number of nitrogens with zero attached hydrogens (tertiary/aromatic N) is 3. The van der Waals surface area contributed by atoms with Crippen LogP contribution in [0.1, 0.15) is 39.7 Å². The zero-order valence-electron chi connectivity index (χ0n) is 11.4. The lowest BCUT2D eigenvalue weighted by atomic mass is 10.1. The van der Waals surface area contributed by atoms with E-state index in [0.717, 1.165) is 30.4 Å². The average Bonchev–Trinajstić information content (AvgIpc) is 2.78. The third kappa shape index (κ3) is 3.07. The van der Waals surface area contributed by atoms with Crippen LogP contribution in [-0.2, 0) is 0 Å². The van der Waals surface area contributed by atoms with Gasteiger partial charge in [0.2, 0.25) is 0 Å². The second-order valence-corrected chi connectivity index (χ2v) is 5.12. The molecule has 0 aliphatic carbocycles. The number of aromatic nitrogens is 3. The number of hydrogen-bond acceptors (Lipinski definition) is 3. The Morgan fingerprint density at radius 1 is 1.22 bits per heavy atom. The molecular weight excluding hydrogens is 224 g/mol. The number of para-hydroxylation sites is 1. The van der Waals surface area contributed by atoms with Gasteiger partial charge in [-0.05, 0) is 38.4 Å². The molecule has 1 N–H and O–H groups in total. The third-order valence-corrected chi connectivity index (χ3v) is 3.15. The zero-order valence-corrected chi connectivity index (χ0v) is 11.4. The van der Waals surface area contributed by atoms with E-state index in [2.05, 4.69) is 42.5 Å². The van der Waals surface area contributed by atoms with E-state index in [4.69, 9.17) is 0 Å². The zero-order chi connectivity index (χ0) is 13.0.